The Balaban J connectivity index is 2.28. The normalized spacial score (nSPS) is 10.9. The number of hydrogen-bond donors (Lipinski definition) is 2. The first kappa shape index (κ1) is 13.6. The number of likely N-dealkylation sites (N-methyl/N-ethyl adjacent to an activating group) is 1. The Morgan fingerprint density at radius 3 is 2.79 bits per heavy atom. The molecule has 0 unspecified atom stereocenters. The van der Waals surface area contributed by atoms with Crippen LogP contribution in [0.25, 0.3) is 10.2 Å². The van der Waals surface area contributed by atoms with Crippen LogP contribution in [0, 0.1) is 0 Å². The van der Waals surface area contributed by atoms with Crippen molar-refractivity contribution in [1.29, 1.82) is 0 Å². The monoisotopic (exact) mass is 279 g/mol. The Morgan fingerprint density at radius 2 is 2.16 bits per heavy atom. The van der Waals surface area contributed by atoms with E-state index in [-0.39, 0.29) is 24.4 Å². The van der Waals surface area contributed by atoms with Gasteiger partial charge in [-0.1, -0.05) is 0 Å². The van der Waals surface area contributed by atoms with Gasteiger partial charge in [-0.25, -0.2) is 0 Å². The summed E-state index contributed by atoms with van der Waals surface area (Å²) in [5.74, 6) is -0.432. The van der Waals surface area contributed by atoms with Crippen molar-refractivity contribution in [1.82, 2.24) is 15.2 Å². The summed E-state index contributed by atoms with van der Waals surface area (Å²) in [6.45, 7) is 4.06. The van der Waals surface area contributed by atoms with Crippen molar-refractivity contribution in [2.45, 2.75) is 19.9 Å². The molecule has 0 saturated heterocycles. The van der Waals surface area contributed by atoms with Gasteiger partial charge >= 0.3 is 0 Å². The maximum atomic E-state index is 12.2. The second-order valence-electron chi connectivity index (χ2n) is 4.52. The second-order valence-corrected chi connectivity index (χ2v) is 5.47. The molecule has 0 aromatic carbocycles. The lowest BCUT2D eigenvalue weighted by molar-refractivity contribution is -0.119. The highest BCUT2D eigenvalue weighted by Gasteiger charge is 2.18. The molecule has 0 aliphatic heterocycles. The van der Waals surface area contributed by atoms with Crippen molar-refractivity contribution in [2.24, 2.45) is 0 Å². The Hall–Kier alpha value is -1.82. The van der Waals surface area contributed by atoms with Gasteiger partial charge in [-0.3, -0.25) is 9.59 Å². The number of nitrogens with one attached hydrogen (secondary N) is 2. The average molecular weight is 279 g/mol. The van der Waals surface area contributed by atoms with Crippen LogP contribution in [0.15, 0.2) is 17.5 Å². The number of carbonyl (C=O) groups excluding carboxylic acids is 2. The van der Waals surface area contributed by atoms with Gasteiger partial charge < -0.3 is 15.2 Å². The van der Waals surface area contributed by atoms with Gasteiger partial charge in [0.1, 0.15) is 5.69 Å². The third kappa shape index (κ3) is 2.63. The zero-order valence-corrected chi connectivity index (χ0v) is 12.0. The molecule has 2 heterocycles. The summed E-state index contributed by atoms with van der Waals surface area (Å²) in [4.78, 5) is 23.3. The van der Waals surface area contributed by atoms with Crippen LogP contribution in [0.2, 0.25) is 0 Å². The topological polar surface area (TPSA) is 63.1 Å². The predicted octanol–water partition coefficient (Wildman–Crippen LogP) is 1.76. The molecule has 0 bridgehead atoms. The molecule has 0 radical (unpaired) electrons. The van der Waals surface area contributed by atoms with Crippen LogP contribution in [0.3, 0.4) is 0 Å². The van der Waals surface area contributed by atoms with Gasteiger partial charge in [0.2, 0.25) is 5.91 Å². The zero-order chi connectivity index (χ0) is 14.0. The second kappa shape index (κ2) is 5.44. The number of hydrogen-bond acceptors (Lipinski definition) is 3. The minimum Gasteiger partial charge on any atom is -0.358 e. The third-order valence-corrected chi connectivity index (χ3v) is 3.75. The molecular formula is C13H17N3O2S. The van der Waals surface area contributed by atoms with Crippen molar-refractivity contribution in [3.8, 4) is 0 Å². The molecule has 0 spiro atoms. The lowest BCUT2D eigenvalue weighted by Gasteiger charge is -2.13. The van der Waals surface area contributed by atoms with Gasteiger partial charge in [0, 0.05) is 13.1 Å². The molecule has 0 aliphatic rings. The Labute approximate surface area is 115 Å². The molecule has 5 nitrogen and oxygen atoms in total. The average Bonchev–Trinajstić information content (AvgIpc) is 2.94. The Bertz CT molecular complexity index is 612. The molecule has 102 valence electrons. The SMILES string of the molecule is CNC(=O)CNC(=O)c1cc2sccc2n1C(C)C. The molecular weight excluding hydrogens is 262 g/mol. The van der Waals surface area contributed by atoms with E-state index in [1.807, 2.05) is 35.9 Å². The fourth-order valence-corrected chi connectivity index (χ4v) is 2.83. The number of aromatic nitrogens is 1. The zero-order valence-electron chi connectivity index (χ0n) is 11.2. The van der Waals surface area contributed by atoms with E-state index in [2.05, 4.69) is 10.6 Å². The standard InChI is InChI=1S/C13H17N3O2S/c1-8(2)16-9-4-5-19-11(9)6-10(16)13(18)15-7-12(17)14-3/h4-6,8H,7H2,1-3H3,(H,14,17)(H,15,18). The number of thiophene rings is 1. The highest BCUT2D eigenvalue weighted by molar-refractivity contribution is 7.17. The van der Waals surface area contributed by atoms with Crippen molar-refractivity contribution >= 4 is 33.4 Å². The van der Waals surface area contributed by atoms with Crippen molar-refractivity contribution in [3.05, 3.63) is 23.2 Å². The molecule has 2 N–H and O–H groups in total. The highest BCUT2D eigenvalue weighted by Crippen LogP contribution is 2.28. The van der Waals surface area contributed by atoms with E-state index in [4.69, 9.17) is 0 Å². The summed E-state index contributed by atoms with van der Waals surface area (Å²) >= 11 is 1.61. The summed E-state index contributed by atoms with van der Waals surface area (Å²) in [5.41, 5.74) is 1.66. The molecule has 2 amide bonds. The van der Waals surface area contributed by atoms with Gasteiger partial charge in [-0.15, -0.1) is 11.3 Å². The van der Waals surface area contributed by atoms with E-state index in [9.17, 15) is 9.59 Å². The number of amides is 2. The van der Waals surface area contributed by atoms with Crippen molar-refractivity contribution in [2.75, 3.05) is 13.6 Å². The molecule has 2 aromatic rings. The van der Waals surface area contributed by atoms with Crippen LogP contribution in [0.5, 0.6) is 0 Å². The molecule has 0 aliphatic carbocycles. The molecule has 19 heavy (non-hydrogen) atoms. The summed E-state index contributed by atoms with van der Waals surface area (Å²) in [6.07, 6.45) is 0. The van der Waals surface area contributed by atoms with E-state index in [0.29, 0.717) is 5.69 Å². The molecule has 6 heteroatoms. The summed E-state index contributed by atoms with van der Waals surface area (Å²) < 4.78 is 3.07. The Morgan fingerprint density at radius 1 is 1.42 bits per heavy atom. The van der Waals surface area contributed by atoms with Gasteiger partial charge in [0.05, 0.1) is 16.8 Å². The smallest absolute Gasteiger partial charge is 0.268 e. The van der Waals surface area contributed by atoms with Gasteiger partial charge in [-0.2, -0.15) is 0 Å². The van der Waals surface area contributed by atoms with E-state index in [0.717, 1.165) is 10.2 Å². The van der Waals surface area contributed by atoms with E-state index in [1.165, 1.54) is 0 Å². The first-order valence-corrected chi connectivity index (χ1v) is 6.99. The van der Waals surface area contributed by atoms with Crippen LogP contribution in [-0.4, -0.2) is 30.0 Å². The Kier molecular flexibility index (Phi) is 3.90. The quantitative estimate of drug-likeness (QED) is 0.895. The minimum absolute atomic E-state index is 0.00768. The first-order valence-electron chi connectivity index (χ1n) is 6.11. The predicted molar refractivity (Wildman–Crippen MR) is 76.6 cm³/mol. The highest BCUT2D eigenvalue weighted by atomic mass is 32.1. The van der Waals surface area contributed by atoms with Crippen LogP contribution < -0.4 is 10.6 Å². The number of fused-ring (bicyclic) bond motifs is 1. The fourth-order valence-electron chi connectivity index (χ4n) is 2.02. The maximum absolute atomic E-state index is 12.2. The van der Waals surface area contributed by atoms with E-state index < -0.39 is 0 Å². The lowest BCUT2D eigenvalue weighted by Crippen LogP contribution is -2.36. The van der Waals surface area contributed by atoms with Crippen LogP contribution in [0.1, 0.15) is 30.4 Å². The summed E-state index contributed by atoms with van der Waals surface area (Å²) in [5, 5.41) is 7.11. The van der Waals surface area contributed by atoms with Crippen LogP contribution in [-0.2, 0) is 4.79 Å². The van der Waals surface area contributed by atoms with Gasteiger partial charge in [0.15, 0.2) is 0 Å². The first-order chi connectivity index (χ1) is 9.04. The molecule has 2 rings (SSSR count). The van der Waals surface area contributed by atoms with Crippen LogP contribution >= 0.6 is 11.3 Å². The summed E-state index contributed by atoms with van der Waals surface area (Å²) in [7, 11) is 1.54. The van der Waals surface area contributed by atoms with Crippen LogP contribution in [0.4, 0.5) is 0 Å². The number of nitrogens with zero attached hydrogens (tertiary/aromatic N) is 1. The van der Waals surface area contributed by atoms with Gasteiger partial charge in [-0.05, 0) is 31.4 Å². The lowest BCUT2D eigenvalue weighted by atomic mass is 10.3. The fraction of sp³-hybridized carbons (Fsp3) is 0.385. The summed E-state index contributed by atoms with van der Waals surface area (Å²) in [6, 6.07) is 4.07. The number of carbonyl (C=O) groups is 2. The van der Waals surface area contributed by atoms with Crippen molar-refractivity contribution < 1.29 is 9.59 Å². The minimum atomic E-state index is -0.222. The van der Waals surface area contributed by atoms with E-state index >= 15 is 0 Å². The third-order valence-electron chi connectivity index (χ3n) is 2.90. The van der Waals surface area contributed by atoms with Gasteiger partial charge in [0.25, 0.3) is 5.91 Å². The maximum Gasteiger partial charge on any atom is 0.268 e. The van der Waals surface area contributed by atoms with E-state index in [1.54, 1.807) is 18.4 Å². The van der Waals surface area contributed by atoms with Crippen molar-refractivity contribution in [3.63, 3.8) is 0 Å². The molecule has 0 atom stereocenters. The number of rotatable bonds is 4. The molecule has 0 saturated carbocycles. The molecule has 0 fully saturated rings. The molecule has 2 aromatic heterocycles. The largest absolute Gasteiger partial charge is 0.358 e.